The zero-order valence-electron chi connectivity index (χ0n) is 14.2. The number of thioether (sulfide) groups is 1. The van der Waals surface area contributed by atoms with Gasteiger partial charge in [0.15, 0.2) is 5.17 Å². The van der Waals surface area contributed by atoms with E-state index < -0.39 is 5.25 Å². The summed E-state index contributed by atoms with van der Waals surface area (Å²) in [5.41, 5.74) is 1.21. The fraction of sp³-hybridized carbons (Fsp3) is 0.211. The van der Waals surface area contributed by atoms with E-state index in [4.69, 9.17) is 0 Å². The van der Waals surface area contributed by atoms with Crippen molar-refractivity contribution in [1.82, 2.24) is 4.90 Å². The fourth-order valence-electron chi connectivity index (χ4n) is 2.52. The lowest BCUT2D eigenvalue weighted by Gasteiger charge is -2.30. The molecule has 1 heterocycles. The molecule has 1 N–H and O–H groups in total. The Morgan fingerprint density at radius 2 is 1.92 bits per heavy atom. The molecule has 5 nitrogen and oxygen atoms in total. The van der Waals surface area contributed by atoms with Crippen LogP contribution in [0.2, 0.25) is 0 Å². The van der Waals surface area contributed by atoms with Gasteiger partial charge in [-0.3, -0.25) is 14.5 Å². The van der Waals surface area contributed by atoms with Gasteiger partial charge in [-0.2, -0.15) is 0 Å². The molecule has 1 unspecified atom stereocenters. The molecule has 1 atom stereocenters. The van der Waals surface area contributed by atoms with Gasteiger partial charge in [0, 0.05) is 18.7 Å². The van der Waals surface area contributed by atoms with Crippen molar-refractivity contribution in [2.45, 2.75) is 18.6 Å². The molecule has 2 aromatic rings. The van der Waals surface area contributed by atoms with Crippen LogP contribution in [0.3, 0.4) is 0 Å². The average molecular weight is 371 g/mol. The molecule has 1 saturated heterocycles. The Balaban J connectivity index is 1.80. The Morgan fingerprint density at radius 3 is 2.58 bits per heavy atom. The highest BCUT2D eigenvalue weighted by molar-refractivity contribution is 8.15. The number of nitrogens with zero attached hydrogens (tertiary/aromatic N) is 2. The summed E-state index contributed by atoms with van der Waals surface area (Å²) in [6, 6.07) is 14.8. The fourth-order valence-corrected chi connectivity index (χ4v) is 3.69. The van der Waals surface area contributed by atoms with Gasteiger partial charge in [0.1, 0.15) is 11.1 Å². The van der Waals surface area contributed by atoms with E-state index in [2.05, 4.69) is 10.3 Å². The summed E-state index contributed by atoms with van der Waals surface area (Å²) in [7, 11) is 0. The summed E-state index contributed by atoms with van der Waals surface area (Å²) in [6.45, 7) is 2.31. The molecule has 3 rings (SSSR count). The smallest absolute Gasteiger partial charge is 0.238 e. The number of anilines is 1. The van der Waals surface area contributed by atoms with E-state index in [1.165, 1.54) is 36.0 Å². The van der Waals surface area contributed by atoms with E-state index in [-0.39, 0.29) is 24.1 Å². The molecule has 0 radical (unpaired) electrons. The van der Waals surface area contributed by atoms with Gasteiger partial charge in [-0.25, -0.2) is 9.38 Å². The number of hydrogen-bond acceptors (Lipinski definition) is 4. The zero-order chi connectivity index (χ0) is 18.5. The van der Waals surface area contributed by atoms with E-state index in [9.17, 15) is 14.0 Å². The third-order valence-corrected chi connectivity index (χ3v) is 5.03. The second-order valence-corrected chi connectivity index (χ2v) is 6.84. The molecule has 0 aromatic heterocycles. The monoisotopic (exact) mass is 371 g/mol. The second kappa shape index (κ2) is 8.14. The minimum absolute atomic E-state index is 0.111. The quantitative estimate of drug-likeness (QED) is 0.889. The molecule has 0 spiro atoms. The van der Waals surface area contributed by atoms with E-state index in [1.54, 1.807) is 17.0 Å². The highest BCUT2D eigenvalue weighted by Gasteiger charge is 2.35. The summed E-state index contributed by atoms with van der Waals surface area (Å²) < 4.78 is 13.1. The van der Waals surface area contributed by atoms with Crippen molar-refractivity contribution in [3.8, 4) is 0 Å². The van der Waals surface area contributed by atoms with Crippen LogP contribution in [0.4, 0.5) is 15.8 Å². The predicted octanol–water partition coefficient (Wildman–Crippen LogP) is 3.81. The number of aliphatic imine (C=N–C) groups is 1. The van der Waals surface area contributed by atoms with Crippen LogP contribution >= 0.6 is 11.8 Å². The maximum Gasteiger partial charge on any atom is 0.238 e. The van der Waals surface area contributed by atoms with Crippen molar-refractivity contribution in [2.75, 3.05) is 11.9 Å². The predicted molar refractivity (Wildman–Crippen MR) is 102 cm³/mol. The van der Waals surface area contributed by atoms with Crippen molar-refractivity contribution < 1.29 is 14.0 Å². The van der Waals surface area contributed by atoms with E-state index in [1.807, 2.05) is 25.1 Å². The summed E-state index contributed by atoms with van der Waals surface area (Å²) >= 11 is 1.24. The minimum Gasteiger partial charge on any atom is -0.325 e. The van der Waals surface area contributed by atoms with Crippen LogP contribution in [0.25, 0.3) is 0 Å². The summed E-state index contributed by atoms with van der Waals surface area (Å²) in [5.74, 6) is -0.744. The van der Waals surface area contributed by atoms with Crippen LogP contribution < -0.4 is 5.32 Å². The number of nitrogens with one attached hydrogen (secondary N) is 1. The normalized spacial score (nSPS) is 18.8. The van der Waals surface area contributed by atoms with Crippen LogP contribution in [0.1, 0.15) is 13.3 Å². The lowest BCUT2D eigenvalue weighted by Crippen LogP contribution is -2.45. The van der Waals surface area contributed by atoms with Gasteiger partial charge in [-0.1, -0.05) is 30.0 Å². The van der Waals surface area contributed by atoms with Crippen LogP contribution in [0.15, 0.2) is 59.6 Å². The first-order valence-corrected chi connectivity index (χ1v) is 9.12. The molecule has 0 saturated carbocycles. The molecule has 26 heavy (non-hydrogen) atoms. The number of amidine groups is 1. The highest BCUT2D eigenvalue weighted by Crippen LogP contribution is 2.29. The van der Waals surface area contributed by atoms with Crippen molar-refractivity contribution in [2.24, 2.45) is 4.99 Å². The Hall–Kier alpha value is -2.67. The van der Waals surface area contributed by atoms with Gasteiger partial charge in [0.25, 0.3) is 0 Å². The molecule has 0 aliphatic carbocycles. The number of halogens is 1. The first-order valence-electron chi connectivity index (χ1n) is 8.24. The van der Waals surface area contributed by atoms with Gasteiger partial charge >= 0.3 is 0 Å². The van der Waals surface area contributed by atoms with Crippen molar-refractivity contribution in [3.63, 3.8) is 0 Å². The molecule has 2 amide bonds. The molecule has 0 bridgehead atoms. The summed E-state index contributed by atoms with van der Waals surface area (Å²) in [4.78, 5) is 31.0. The second-order valence-electron chi connectivity index (χ2n) is 5.67. The first kappa shape index (κ1) is 18.1. The van der Waals surface area contributed by atoms with Gasteiger partial charge in [-0.05, 0) is 43.3 Å². The first-order chi connectivity index (χ1) is 12.6. The van der Waals surface area contributed by atoms with Crippen molar-refractivity contribution in [3.05, 3.63) is 60.4 Å². The Bertz CT molecular complexity index is 824. The Labute approximate surface area is 155 Å². The standard InChI is InChI=1S/C19H18FN3O2S/c1-2-23-17(24)12-16(18(25)21-14-6-4-3-5-7-14)26-19(23)22-15-10-8-13(20)9-11-15/h3-11,16H,2,12H2,1H3,(H,21,25). The van der Waals surface area contributed by atoms with Crippen LogP contribution in [0.5, 0.6) is 0 Å². The molecule has 1 aliphatic rings. The lowest BCUT2D eigenvalue weighted by molar-refractivity contribution is -0.129. The topological polar surface area (TPSA) is 61.8 Å². The lowest BCUT2D eigenvalue weighted by atomic mass is 10.2. The van der Waals surface area contributed by atoms with Crippen molar-refractivity contribution in [1.29, 1.82) is 0 Å². The van der Waals surface area contributed by atoms with Crippen LogP contribution in [-0.2, 0) is 9.59 Å². The minimum atomic E-state index is -0.565. The molecular formula is C19H18FN3O2S. The number of rotatable bonds is 4. The summed E-state index contributed by atoms with van der Waals surface area (Å²) in [5, 5.41) is 2.70. The third-order valence-electron chi connectivity index (χ3n) is 3.84. The Morgan fingerprint density at radius 1 is 1.23 bits per heavy atom. The number of hydrogen-bond donors (Lipinski definition) is 1. The van der Waals surface area contributed by atoms with Gasteiger partial charge in [0.05, 0.1) is 5.69 Å². The average Bonchev–Trinajstić information content (AvgIpc) is 2.64. The van der Waals surface area contributed by atoms with E-state index in [0.29, 0.717) is 23.1 Å². The summed E-state index contributed by atoms with van der Waals surface area (Å²) in [6.07, 6.45) is 0.111. The van der Waals surface area contributed by atoms with E-state index in [0.717, 1.165) is 0 Å². The molecular weight excluding hydrogens is 353 g/mol. The van der Waals surface area contributed by atoms with Crippen molar-refractivity contribution >= 4 is 40.1 Å². The largest absolute Gasteiger partial charge is 0.325 e. The van der Waals surface area contributed by atoms with E-state index >= 15 is 0 Å². The molecule has 7 heteroatoms. The van der Waals surface area contributed by atoms with Gasteiger partial charge < -0.3 is 5.32 Å². The Kier molecular flexibility index (Phi) is 5.68. The molecule has 2 aromatic carbocycles. The van der Waals surface area contributed by atoms with Gasteiger partial charge in [-0.15, -0.1) is 0 Å². The van der Waals surface area contributed by atoms with Crippen LogP contribution in [-0.4, -0.2) is 33.7 Å². The maximum absolute atomic E-state index is 13.1. The number of carbonyl (C=O) groups excluding carboxylic acids is 2. The molecule has 134 valence electrons. The molecule has 1 fully saturated rings. The maximum atomic E-state index is 13.1. The molecule has 1 aliphatic heterocycles. The SMILES string of the molecule is CCN1C(=O)CC(C(=O)Nc2ccccc2)SC1=Nc1ccc(F)cc1. The number of amides is 2. The highest BCUT2D eigenvalue weighted by atomic mass is 32.2. The number of para-hydroxylation sites is 1. The zero-order valence-corrected chi connectivity index (χ0v) is 15.0. The number of benzene rings is 2. The van der Waals surface area contributed by atoms with Gasteiger partial charge in [0.2, 0.25) is 11.8 Å². The van der Waals surface area contributed by atoms with Crippen LogP contribution in [0, 0.1) is 5.82 Å². The number of carbonyl (C=O) groups is 2. The third kappa shape index (κ3) is 4.29.